The van der Waals surface area contributed by atoms with E-state index >= 15 is 0 Å². The van der Waals surface area contributed by atoms with Crippen molar-refractivity contribution in [1.29, 1.82) is 0 Å². The summed E-state index contributed by atoms with van der Waals surface area (Å²) < 4.78 is 0. The van der Waals surface area contributed by atoms with E-state index in [0.717, 1.165) is 5.92 Å². The second kappa shape index (κ2) is 4.00. The van der Waals surface area contributed by atoms with Crippen molar-refractivity contribution < 1.29 is 0 Å². The summed E-state index contributed by atoms with van der Waals surface area (Å²) in [5.41, 5.74) is 0.503. The van der Waals surface area contributed by atoms with Gasteiger partial charge in [0, 0.05) is 0 Å². The minimum atomic E-state index is 0.503. The quantitative estimate of drug-likeness (QED) is 0.560. The van der Waals surface area contributed by atoms with Crippen molar-refractivity contribution in [3.8, 4) is 0 Å². The van der Waals surface area contributed by atoms with E-state index in [-0.39, 0.29) is 0 Å². The molecule has 0 aromatic carbocycles. The molecule has 1 atom stereocenters. The molecule has 0 aliphatic carbocycles. The van der Waals surface area contributed by atoms with Gasteiger partial charge in [0.25, 0.3) is 0 Å². The van der Waals surface area contributed by atoms with Crippen LogP contribution in [0.4, 0.5) is 0 Å². The topological polar surface area (TPSA) is 0 Å². The first-order chi connectivity index (χ1) is 4.54. The number of rotatable bonds is 4. The third-order valence-corrected chi connectivity index (χ3v) is 2.63. The van der Waals surface area contributed by atoms with Gasteiger partial charge in [-0.2, -0.15) is 0 Å². The van der Waals surface area contributed by atoms with Crippen LogP contribution in [-0.2, 0) is 0 Å². The van der Waals surface area contributed by atoms with Crippen LogP contribution in [0.1, 0.15) is 47.5 Å². The fraction of sp³-hybridized carbons (Fsp3) is 0.900. The molecule has 0 saturated carbocycles. The molecule has 0 saturated heterocycles. The average Bonchev–Trinajstić information content (AvgIpc) is 1.86. The van der Waals surface area contributed by atoms with Crippen LogP contribution in [0.15, 0.2) is 0 Å². The molecular weight excluding hydrogens is 120 g/mol. The smallest absolute Gasteiger partial charge is 0.0326 e. The normalized spacial score (nSPS) is 15.3. The molecule has 0 bridgehead atoms. The molecule has 0 amide bonds. The molecule has 0 aliphatic heterocycles. The Labute approximate surface area is 66.0 Å². The second-order valence-corrected chi connectivity index (χ2v) is 3.86. The van der Waals surface area contributed by atoms with Gasteiger partial charge in [-0.3, -0.25) is 0 Å². The standard InChI is InChI=1S/C10H21/c1-6-8-10(4,5)9(3)7-2/h7,9H,6,8H2,1-5H3. The monoisotopic (exact) mass is 141 g/mol. The van der Waals surface area contributed by atoms with Crippen LogP contribution in [0.3, 0.4) is 0 Å². The first kappa shape index (κ1) is 10.0. The van der Waals surface area contributed by atoms with Crippen molar-refractivity contribution in [2.75, 3.05) is 0 Å². The maximum Gasteiger partial charge on any atom is -0.0326 e. The van der Waals surface area contributed by atoms with E-state index in [1.54, 1.807) is 0 Å². The van der Waals surface area contributed by atoms with Crippen LogP contribution in [0.2, 0.25) is 0 Å². The van der Waals surface area contributed by atoms with Gasteiger partial charge in [-0.25, -0.2) is 0 Å². The molecule has 0 nitrogen and oxygen atoms in total. The minimum absolute atomic E-state index is 0.503. The summed E-state index contributed by atoms with van der Waals surface area (Å²) in [6.07, 6.45) is 4.93. The lowest BCUT2D eigenvalue weighted by molar-refractivity contribution is 0.238. The maximum absolute atomic E-state index is 2.35. The van der Waals surface area contributed by atoms with Crippen LogP contribution in [0, 0.1) is 17.8 Å². The molecular formula is C10H21. The van der Waals surface area contributed by atoms with Crippen molar-refractivity contribution >= 4 is 0 Å². The zero-order chi connectivity index (χ0) is 8.20. The Morgan fingerprint density at radius 1 is 1.40 bits per heavy atom. The van der Waals surface area contributed by atoms with E-state index in [1.807, 2.05) is 0 Å². The van der Waals surface area contributed by atoms with Crippen LogP contribution >= 0.6 is 0 Å². The van der Waals surface area contributed by atoms with Crippen LogP contribution < -0.4 is 0 Å². The molecule has 0 rings (SSSR count). The highest BCUT2D eigenvalue weighted by molar-refractivity contribution is 4.81. The Kier molecular flexibility index (Phi) is 4.00. The fourth-order valence-corrected chi connectivity index (χ4v) is 1.32. The van der Waals surface area contributed by atoms with Crippen molar-refractivity contribution in [1.82, 2.24) is 0 Å². The van der Waals surface area contributed by atoms with Crippen molar-refractivity contribution in [3.05, 3.63) is 6.42 Å². The van der Waals surface area contributed by atoms with Gasteiger partial charge in [0.2, 0.25) is 0 Å². The summed E-state index contributed by atoms with van der Waals surface area (Å²) in [6, 6.07) is 0. The first-order valence-corrected chi connectivity index (χ1v) is 4.34. The summed E-state index contributed by atoms with van der Waals surface area (Å²) in [7, 11) is 0. The van der Waals surface area contributed by atoms with Gasteiger partial charge in [-0.05, 0) is 24.2 Å². The Bertz CT molecular complexity index is 82.0. The lowest BCUT2D eigenvalue weighted by Gasteiger charge is -2.30. The van der Waals surface area contributed by atoms with Crippen LogP contribution in [0.25, 0.3) is 0 Å². The van der Waals surface area contributed by atoms with E-state index in [0.29, 0.717) is 5.41 Å². The molecule has 0 aromatic rings. The predicted octanol–water partition coefficient (Wildman–Crippen LogP) is 3.67. The minimum Gasteiger partial charge on any atom is -0.0654 e. The predicted molar refractivity (Wildman–Crippen MR) is 47.8 cm³/mol. The molecule has 0 spiro atoms. The number of hydrogen-bond donors (Lipinski definition) is 0. The molecule has 10 heavy (non-hydrogen) atoms. The van der Waals surface area contributed by atoms with E-state index < -0.39 is 0 Å². The lowest BCUT2D eigenvalue weighted by atomic mass is 9.75. The molecule has 0 N–H and O–H groups in total. The van der Waals surface area contributed by atoms with Gasteiger partial charge in [-0.15, -0.1) is 0 Å². The Morgan fingerprint density at radius 2 is 1.90 bits per heavy atom. The zero-order valence-corrected chi connectivity index (χ0v) is 8.07. The molecule has 1 radical (unpaired) electrons. The highest BCUT2D eigenvalue weighted by Crippen LogP contribution is 2.32. The average molecular weight is 141 g/mol. The van der Waals surface area contributed by atoms with E-state index in [2.05, 4.69) is 41.0 Å². The largest absolute Gasteiger partial charge is 0.0654 e. The van der Waals surface area contributed by atoms with Crippen molar-refractivity contribution in [2.45, 2.75) is 47.5 Å². The van der Waals surface area contributed by atoms with E-state index in [9.17, 15) is 0 Å². The molecule has 0 heteroatoms. The third-order valence-electron chi connectivity index (χ3n) is 2.63. The molecule has 61 valence electrons. The molecule has 1 unspecified atom stereocenters. The number of hydrogen-bond acceptors (Lipinski definition) is 0. The Balaban J connectivity index is 3.82. The molecule has 0 fully saturated rings. The summed E-state index contributed by atoms with van der Waals surface area (Å²) in [6.45, 7) is 11.4. The summed E-state index contributed by atoms with van der Waals surface area (Å²) in [5, 5.41) is 0. The lowest BCUT2D eigenvalue weighted by Crippen LogP contribution is -2.20. The summed E-state index contributed by atoms with van der Waals surface area (Å²) in [5.74, 6) is 0.743. The summed E-state index contributed by atoms with van der Waals surface area (Å²) in [4.78, 5) is 0. The van der Waals surface area contributed by atoms with E-state index in [1.165, 1.54) is 12.8 Å². The van der Waals surface area contributed by atoms with Crippen LogP contribution in [0.5, 0.6) is 0 Å². The summed E-state index contributed by atoms with van der Waals surface area (Å²) >= 11 is 0. The molecule has 0 aliphatic rings. The van der Waals surface area contributed by atoms with Gasteiger partial charge in [0.1, 0.15) is 0 Å². The zero-order valence-electron chi connectivity index (χ0n) is 8.07. The second-order valence-electron chi connectivity index (χ2n) is 3.86. The molecule has 0 heterocycles. The highest BCUT2D eigenvalue weighted by Gasteiger charge is 2.22. The highest BCUT2D eigenvalue weighted by atomic mass is 14.3. The molecule has 0 aromatic heterocycles. The SMILES string of the molecule is C[CH]C(C)C(C)(C)CCC. The van der Waals surface area contributed by atoms with Gasteiger partial charge >= 0.3 is 0 Å². The van der Waals surface area contributed by atoms with Crippen molar-refractivity contribution in [3.63, 3.8) is 0 Å². The Morgan fingerprint density at radius 3 is 2.20 bits per heavy atom. The van der Waals surface area contributed by atoms with Gasteiger partial charge in [0.05, 0.1) is 0 Å². The Hall–Kier alpha value is 0. The third kappa shape index (κ3) is 2.72. The first-order valence-electron chi connectivity index (χ1n) is 4.34. The van der Waals surface area contributed by atoms with Gasteiger partial charge < -0.3 is 0 Å². The maximum atomic E-state index is 2.35. The van der Waals surface area contributed by atoms with Crippen molar-refractivity contribution in [2.24, 2.45) is 11.3 Å². The van der Waals surface area contributed by atoms with Gasteiger partial charge in [-0.1, -0.05) is 41.0 Å². The fourth-order valence-electron chi connectivity index (χ4n) is 1.32. The van der Waals surface area contributed by atoms with Gasteiger partial charge in [0.15, 0.2) is 0 Å². The van der Waals surface area contributed by atoms with E-state index in [4.69, 9.17) is 0 Å². The van der Waals surface area contributed by atoms with Crippen LogP contribution in [-0.4, -0.2) is 0 Å².